The molecule has 0 fully saturated rings. The van der Waals surface area contributed by atoms with Gasteiger partial charge in [0.25, 0.3) is 0 Å². The van der Waals surface area contributed by atoms with Crippen LogP contribution in [0.2, 0.25) is 0 Å². The van der Waals surface area contributed by atoms with Crippen LogP contribution in [-0.4, -0.2) is 24.8 Å². The monoisotopic (exact) mass is 347 g/mol. The van der Waals surface area contributed by atoms with Gasteiger partial charge in [0.15, 0.2) is 0 Å². The highest BCUT2D eigenvalue weighted by Gasteiger charge is 2.14. The van der Waals surface area contributed by atoms with E-state index in [-0.39, 0.29) is 5.69 Å². The van der Waals surface area contributed by atoms with E-state index in [0.717, 1.165) is 22.0 Å². The van der Waals surface area contributed by atoms with Crippen LogP contribution < -0.4 is 10.4 Å². The number of nitrogens with zero attached hydrogens (tertiary/aromatic N) is 5. The van der Waals surface area contributed by atoms with Gasteiger partial charge in [-0.3, -0.25) is 4.98 Å². The topological polar surface area (TPSA) is 74.8 Å². The molecule has 0 aliphatic heterocycles. The Bertz CT molecular complexity index is 1140. The summed E-state index contributed by atoms with van der Waals surface area (Å²) in [6, 6.07) is 15.4. The van der Waals surface area contributed by atoms with Crippen molar-refractivity contribution in [3.63, 3.8) is 0 Å². The molecule has 4 aromatic rings. The third-order valence-electron chi connectivity index (χ3n) is 4.30. The number of ether oxygens (including phenoxy) is 1. The first kappa shape index (κ1) is 16.0. The average molecular weight is 347 g/mol. The molecule has 0 bridgehead atoms. The highest BCUT2D eigenvalue weighted by molar-refractivity contribution is 5.84. The largest absolute Gasteiger partial charge is 0.487 e. The van der Waals surface area contributed by atoms with Crippen molar-refractivity contribution < 1.29 is 4.74 Å². The Hall–Kier alpha value is -3.48. The van der Waals surface area contributed by atoms with Crippen LogP contribution in [-0.2, 0) is 13.7 Å². The maximum absolute atomic E-state index is 12.2. The minimum Gasteiger partial charge on any atom is -0.487 e. The van der Waals surface area contributed by atoms with Crippen LogP contribution in [0.4, 0.5) is 0 Å². The standard InChI is InChI=1S/C19H17N5O2/c1-13-6-3-9-16(24-19(25)23(2)21-22-24)15(13)12-26-17-10-4-7-14-8-5-11-20-18(14)17/h3-11H,12H2,1-2H3. The van der Waals surface area contributed by atoms with Gasteiger partial charge in [-0.05, 0) is 41.1 Å². The summed E-state index contributed by atoms with van der Waals surface area (Å²) in [6.45, 7) is 2.27. The average Bonchev–Trinajstić information content (AvgIpc) is 2.99. The Morgan fingerprint density at radius 2 is 1.85 bits per heavy atom. The van der Waals surface area contributed by atoms with Gasteiger partial charge in [-0.25, -0.2) is 4.79 Å². The Labute approximate surface area is 149 Å². The van der Waals surface area contributed by atoms with Crippen LogP contribution in [0.5, 0.6) is 5.75 Å². The summed E-state index contributed by atoms with van der Waals surface area (Å²) in [5.41, 5.74) is 3.05. The molecule has 0 N–H and O–H groups in total. The summed E-state index contributed by atoms with van der Waals surface area (Å²) in [4.78, 5) is 16.6. The molecule has 2 heterocycles. The van der Waals surface area contributed by atoms with E-state index in [1.54, 1.807) is 13.2 Å². The number of rotatable bonds is 4. The van der Waals surface area contributed by atoms with E-state index in [2.05, 4.69) is 15.4 Å². The molecule has 26 heavy (non-hydrogen) atoms. The molecule has 2 aromatic heterocycles. The van der Waals surface area contributed by atoms with Gasteiger partial charge in [0.2, 0.25) is 0 Å². The number of aryl methyl sites for hydroxylation is 2. The fraction of sp³-hybridized carbons (Fsp3) is 0.158. The first-order chi connectivity index (χ1) is 12.6. The van der Waals surface area contributed by atoms with Crippen molar-refractivity contribution in [1.29, 1.82) is 0 Å². The molecule has 0 spiro atoms. The van der Waals surface area contributed by atoms with E-state index in [0.29, 0.717) is 18.0 Å². The van der Waals surface area contributed by atoms with Crippen LogP contribution in [0.15, 0.2) is 59.5 Å². The number of aromatic nitrogens is 5. The Morgan fingerprint density at radius 3 is 2.65 bits per heavy atom. The van der Waals surface area contributed by atoms with Gasteiger partial charge in [0.1, 0.15) is 17.9 Å². The lowest BCUT2D eigenvalue weighted by Gasteiger charge is -2.13. The van der Waals surface area contributed by atoms with Gasteiger partial charge in [0, 0.05) is 24.2 Å². The molecule has 0 aliphatic carbocycles. The van der Waals surface area contributed by atoms with Gasteiger partial charge < -0.3 is 4.74 Å². The Kier molecular flexibility index (Phi) is 3.96. The summed E-state index contributed by atoms with van der Waals surface area (Å²) in [6.07, 6.45) is 1.74. The van der Waals surface area contributed by atoms with E-state index in [4.69, 9.17) is 4.74 Å². The van der Waals surface area contributed by atoms with E-state index < -0.39 is 0 Å². The summed E-state index contributed by atoms with van der Waals surface area (Å²) in [5, 5.41) is 8.74. The summed E-state index contributed by atoms with van der Waals surface area (Å²) in [5.74, 6) is 0.698. The maximum Gasteiger partial charge on any atom is 0.368 e. The first-order valence-electron chi connectivity index (χ1n) is 8.19. The molecule has 0 aliphatic rings. The molecule has 130 valence electrons. The number of benzene rings is 2. The molecule has 0 saturated carbocycles. The lowest BCUT2D eigenvalue weighted by atomic mass is 10.1. The zero-order chi connectivity index (χ0) is 18.1. The second-order valence-corrected chi connectivity index (χ2v) is 5.99. The quantitative estimate of drug-likeness (QED) is 0.567. The third kappa shape index (κ3) is 2.73. The van der Waals surface area contributed by atoms with Crippen molar-refractivity contribution in [3.05, 3.63) is 76.3 Å². The molecule has 0 atom stereocenters. The predicted molar refractivity (Wildman–Crippen MR) is 97.4 cm³/mol. The van der Waals surface area contributed by atoms with Crippen molar-refractivity contribution in [3.8, 4) is 11.4 Å². The summed E-state index contributed by atoms with van der Waals surface area (Å²) in [7, 11) is 1.57. The maximum atomic E-state index is 12.2. The van der Waals surface area contributed by atoms with Crippen LogP contribution in [0.1, 0.15) is 11.1 Å². The number of hydrogen-bond donors (Lipinski definition) is 0. The molecule has 2 aromatic carbocycles. The number of tetrazole rings is 1. The van der Waals surface area contributed by atoms with Gasteiger partial charge in [-0.2, -0.15) is 9.36 Å². The van der Waals surface area contributed by atoms with E-state index >= 15 is 0 Å². The van der Waals surface area contributed by atoms with Gasteiger partial charge in [-0.1, -0.05) is 30.3 Å². The lowest BCUT2D eigenvalue weighted by molar-refractivity contribution is 0.308. The van der Waals surface area contributed by atoms with Crippen molar-refractivity contribution in [2.24, 2.45) is 7.05 Å². The number of hydrogen-bond acceptors (Lipinski definition) is 5. The normalized spacial score (nSPS) is 11.0. The minimum absolute atomic E-state index is 0.292. The number of fused-ring (bicyclic) bond motifs is 1. The van der Waals surface area contributed by atoms with Crippen molar-refractivity contribution in [2.45, 2.75) is 13.5 Å². The molecule has 0 unspecified atom stereocenters. The Balaban J connectivity index is 1.73. The highest BCUT2D eigenvalue weighted by atomic mass is 16.5. The first-order valence-corrected chi connectivity index (χ1v) is 8.19. The van der Waals surface area contributed by atoms with Crippen molar-refractivity contribution in [2.75, 3.05) is 0 Å². The molecule has 0 amide bonds. The van der Waals surface area contributed by atoms with Crippen molar-refractivity contribution in [1.82, 2.24) is 24.8 Å². The van der Waals surface area contributed by atoms with Gasteiger partial charge in [0.05, 0.1) is 5.69 Å². The Morgan fingerprint density at radius 1 is 1.04 bits per heavy atom. The molecular weight excluding hydrogens is 330 g/mol. The summed E-state index contributed by atoms with van der Waals surface area (Å²) >= 11 is 0. The van der Waals surface area contributed by atoms with Gasteiger partial charge >= 0.3 is 5.69 Å². The van der Waals surface area contributed by atoms with Crippen LogP contribution in [0, 0.1) is 6.92 Å². The molecule has 7 nitrogen and oxygen atoms in total. The highest BCUT2D eigenvalue weighted by Crippen LogP contribution is 2.25. The smallest absolute Gasteiger partial charge is 0.368 e. The number of pyridine rings is 1. The zero-order valence-corrected chi connectivity index (χ0v) is 14.5. The van der Waals surface area contributed by atoms with Crippen LogP contribution in [0.25, 0.3) is 16.6 Å². The molecule has 7 heteroatoms. The lowest BCUT2D eigenvalue weighted by Crippen LogP contribution is -2.23. The third-order valence-corrected chi connectivity index (χ3v) is 4.30. The van der Waals surface area contributed by atoms with Crippen LogP contribution in [0.3, 0.4) is 0 Å². The fourth-order valence-electron chi connectivity index (χ4n) is 2.88. The number of para-hydroxylation sites is 1. The van der Waals surface area contributed by atoms with Crippen molar-refractivity contribution >= 4 is 10.9 Å². The van der Waals surface area contributed by atoms with E-state index in [1.807, 2.05) is 55.5 Å². The molecule has 0 radical (unpaired) electrons. The molecular formula is C19H17N5O2. The molecule has 4 rings (SSSR count). The predicted octanol–water partition coefficient (Wildman–Crippen LogP) is 2.40. The minimum atomic E-state index is -0.302. The fourth-order valence-corrected chi connectivity index (χ4v) is 2.88. The van der Waals surface area contributed by atoms with E-state index in [1.165, 1.54) is 9.36 Å². The molecule has 0 saturated heterocycles. The second kappa shape index (κ2) is 6.44. The SMILES string of the molecule is Cc1cccc(-n2nnn(C)c2=O)c1COc1cccc2cccnc12. The van der Waals surface area contributed by atoms with E-state index in [9.17, 15) is 4.79 Å². The summed E-state index contributed by atoms with van der Waals surface area (Å²) < 4.78 is 8.54. The zero-order valence-electron chi connectivity index (χ0n) is 14.5. The van der Waals surface area contributed by atoms with Gasteiger partial charge in [-0.15, -0.1) is 0 Å². The van der Waals surface area contributed by atoms with Crippen LogP contribution >= 0.6 is 0 Å². The second-order valence-electron chi connectivity index (χ2n) is 5.99.